The molecule has 0 aliphatic heterocycles. The highest BCUT2D eigenvalue weighted by molar-refractivity contribution is 6.30. The summed E-state index contributed by atoms with van der Waals surface area (Å²) in [6.45, 7) is 0. The summed E-state index contributed by atoms with van der Waals surface area (Å²) in [4.78, 5) is 4.24. The molecule has 1 unspecified atom stereocenters. The zero-order valence-corrected chi connectivity index (χ0v) is 15.1. The van der Waals surface area contributed by atoms with Crippen molar-refractivity contribution in [3.05, 3.63) is 89.0 Å². The summed E-state index contributed by atoms with van der Waals surface area (Å²) in [7, 11) is 0. The van der Waals surface area contributed by atoms with Crippen molar-refractivity contribution in [2.45, 2.75) is 44.1 Å². The minimum absolute atomic E-state index is 0.125. The van der Waals surface area contributed by atoms with E-state index in [1.807, 2.05) is 30.9 Å². The lowest BCUT2D eigenvalue weighted by Crippen LogP contribution is -2.11. The Labute approximate surface area is 154 Å². The van der Waals surface area contributed by atoms with E-state index in [9.17, 15) is 0 Å². The Kier molecular flexibility index (Phi) is 4.89. The van der Waals surface area contributed by atoms with Crippen LogP contribution in [0.3, 0.4) is 0 Å². The second kappa shape index (κ2) is 7.45. The van der Waals surface area contributed by atoms with Crippen molar-refractivity contribution >= 4 is 11.6 Å². The van der Waals surface area contributed by atoms with Crippen LogP contribution in [0.25, 0.3) is 0 Å². The van der Waals surface area contributed by atoms with E-state index in [4.69, 9.17) is 11.6 Å². The van der Waals surface area contributed by atoms with Gasteiger partial charge in [-0.05, 0) is 47.6 Å². The molecule has 1 heterocycles. The van der Waals surface area contributed by atoms with Crippen molar-refractivity contribution in [3.63, 3.8) is 0 Å². The summed E-state index contributed by atoms with van der Waals surface area (Å²) < 4.78 is 2.15. The van der Waals surface area contributed by atoms with Crippen LogP contribution >= 0.6 is 11.6 Å². The molecule has 1 saturated carbocycles. The van der Waals surface area contributed by atoms with Gasteiger partial charge in [-0.15, -0.1) is 0 Å². The van der Waals surface area contributed by atoms with Crippen molar-refractivity contribution in [3.8, 4) is 0 Å². The Morgan fingerprint density at radius 3 is 2.12 bits per heavy atom. The van der Waals surface area contributed by atoms with Crippen LogP contribution in [-0.2, 0) is 0 Å². The molecule has 128 valence electrons. The van der Waals surface area contributed by atoms with Crippen LogP contribution in [0.4, 0.5) is 0 Å². The maximum Gasteiger partial charge on any atom is 0.0954 e. The second-order valence-electron chi connectivity index (χ2n) is 6.97. The number of benzene rings is 2. The van der Waals surface area contributed by atoms with E-state index in [0.29, 0.717) is 0 Å². The number of halogens is 1. The number of aromatic nitrogens is 2. The lowest BCUT2D eigenvalue weighted by Gasteiger charge is -2.24. The third-order valence-corrected chi connectivity index (χ3v) is 5.59. The first-order valence-corrected chi connectivity index (χ1v) is 9.52. The number of hydrogen-bond acceptors (Lipinski definition) is 1. The molecule has 0 N–H and O–H groups in total. The first-order chi connectivity index (χ1) is 12.3. The minimum Gasteiger partial charge on any atom is -0.326 e. The number of nitrogens with zero attached hydrogens (tertiary/aromatic N) is 2. The predicted molar refractivity (Wildman–Crippen MR) is 103 cm³/mol. The standard InChI is InChI=1S/C22H23ClN2/c23-21-12-10-20(11-13-21)22(25-15-14-24-16-25)19-8-6-18(7-9-19)17-4-2-1-3-5-17/h6-17,22H,1-5H2. The summed E-state index contributed by atoms with van der Waals surface area (Å²) in [5.41, 5.74) is 3.98. The van der Waals surface area contributed by atoms with Gasteiger partial charge in [0.15, 0.2) is 0 Å². The summed E-state index contributed by atoms with van der Waals surface area (Å²) in [6.07, 6.45) is 12.5. The first kappa shape index (κ1) is 16.4. The van der Waals surface area contributed by atoms with E-state index in [-0.39, 0.29) is 6.04 Å². The molecule has 0 radical (unpaired) electrons. The molecule has 2 nitrogen and oxygen atoms in total. The van der Waals surface area contributed by atoms with Crippen LogP contribution in [0.2, 0.25) is 5.02 Å². The summed E-state index contributed by atoms with van der Waals surface area (Å²) in [6, 6.07) is 17.4. The monoisotopic (exact) mass is 350 g/mol. The molecule has 4 rings (SSSR count). The fourth-order valence-corrected chi connectivity index (χ4v) is 4.12. The van der Waals surface area contributed by atoms with Crippen molar-refractivity contribution in [1.82, 2.24) is 9.55 Å². The van der Waals surface area contributed by atoms with E-state index >= 15 is 0 Å². The summed E-state index contributed by atoms with van der Waals surface area (Å²) in [5, 5.41) is 0.765. The topological polar surface area (TPSA) is 17.8 Å². The molecule has 1 atom stereocenters. The molecule has 25 heavy (non-hydrogen) atoms. The molecule has 3 heteroatoms. The third kappa shape index (κ3) is 3.64. The first-order valence-electron chi connectivity index (χ1n) is 9.14. The number of rotatable bonds is 4. The van der Waals surface area contributed by atoms with Gasteiger partial charge >= 0.3 is 0 Å². The van der Waals surface area contributed by atoms with Crippen molar-refractivity contribution in [1.29, 1.82) is 0 Å². The van der Waals surface area contributed by atoms with E-state index in [1.165, 1.54) is 48.8 Å². The van der Waals surface area contributed by atoms with Gasteiger partial charge in [-0.1, -0.05) is 67.3 Å². The maximum atomic E-state index is 6.07. The smallest absolute Gasteiger partial charge is 0.0954 e. The molecule has 0 saturated heterocycles. The van der Waals surface area contributed by atoms with Gasteiger partial charge in [0, 0.05) is 17.4 Å². The number of imidazole rings is 1. The Balaban J connectivity index is 1.66. The summed E-state index contributed by atoms with van der Waals surface area (Å²) in [5.74, 6) is 0.741. The largest absolute Gasteiger partial charge is 0.326 e. The predicted octanol–water partition coefficient (Wildman–Crippen LogP) is 6.22. The Morgan fingerprint density at radius 1 is 0.880 bits per heavy atom. The molecule has 1 aromatic heterocycles. The van der Waals surface area contributed by atoms with Gasteiger partial charge in [0.2, 0.25) is 0 Å². The maximum absolute atomic E-state index is 6.07. The fraction of sp³-hybridized carbons (Fsp3) is 0.318. The van der Waals surface area contributed by atoms with Gasteiger partial charge in [0.1, 0.15) is 0 Å². The van der Waals surface area contributed by atoms with Gasteiger partial charge in [-0.2, -0.15) is 0 Å². The quantitative estimate of drug-likeness (QED) is 0.546. The van der Waals surface area contributed by atoms with Gasteiger partial charge in [-0.25, -0.2) is 4.98 Å². The number of hydrogen-bond donors (Lipinski definition) is 0. The average molecular weight is 351 g/mol. The molecule has 2 aromatic carbocycles. The molecule has 3 aromatic rings. The Morgan fingerprint density at radius 2 is 1.52 bits per heavy atom. The Bertz CT molecular complexity index is 785. The Hall–Kier alpha value is -2.06. The SMILES string of the molecule is Clc1ccc(C(c2ccc(C3CCCCC3)cc2)n2ccnc2)cc1. The highest BCUT2D eigenvalue weighted by Gasteiger charge is 2.18. The normalized spacial score (nSPS) is 16.7. The van der Waals surface area contributed by atoms with Crippen molar-refractivity contribution < 1.29 is 0 Å². The molecule has 0 spiro atoms. The van der Waals surface area contributed by atoms with E-state index in [1.54, 1.807) is 0 Å². The van der Waals surface area contributed by atoms with Gasteiger partial charge in [0.25, 0.3) is 0 Å². The van der Waals surface area contributed by atoms with Crippen LogP contribution < -0.4 is 0 Å². The van der Waals surface area contributed by atoms with Gasteiger partial charge < -0.3 is 4.57 Å². The zero-order valence-electron chi connectivity index (χ0n) is 14.3. The highest BCUT2D eigenvalue weighted by atomic mass is 35.5. The molecule has 1 fully saturated rings. The molecule has 0 bridgehead atoms. The van der Waals surface area contributed by atoms with Crippen LogP contribution in [0, 0.1) is 0 Å². The average Bonchev–Trinajstić information content (AvgIpc) is 3.19. The van der Waals surface area contributed by atoms with Crippen molar-refractivity contribution in [2.75, 3.05) is 0 Å². The molecular weight excluding hydrogens is 328 g/mol. The van der Waals surface area contributed by atoms with E-state index in [0.717, 1.165) is 10.9 Å². The molecule has 0 amide bonds. The van der Waals surface area contributed by atoms with Crippen LogP contribution in [0.5, 0.6) is 0 Å². The third-order valence-electron chi connectivity index (χ3n) is 5.34. The van der Waals surface area contributed by atoms with Gasteiger partial charge in [0.05, 0.1) is 12.4 Å². The fourth-order valence-electron chi connectivity index (χ4n) is 3.99. The molecular formula is C22H23ClN2. The van der Waals surface area contributed by atoms with Gasteiger partial charge in [-0.3, -0.25) is 0 Å². The van der Waals surface area contributed by atoms with E-state index < -0.39 is 0 Å². The second-order valence-corrected chi connectivity index (χ2v) is 7.40. The van der Waals surface area contributed by atoms with Crippen molar-refractivity contribution in [2.24, 2.45) is 0 Å². The lowest BCUT2D eigenvalue weighted by atomic mass is 9.83. The summed E-state index contributed by atoms with van der Waals surface area (Å²) >= 11 is 6.07. The zero-order chi connectivity index (χ0) is 17.1. The van der Waals surface area contributed by atoms with Crippen LogP contribution in [0.1, 0.15) is 60.8 Å². The lowest BCUT2D eigenvalue weighted by molar-refractivity contribution is 0.443. The molecule has 1 aliphatic rings. The van der Waals surface area contributed by atoms with E-state index in [2.05, 4.69) is 45.9 Å². The highest BCUT2D eigenvalue weighted by Crippen LogP contribution is 2.34. The van der Waals surface area contributed by atoms with Crippen LogP contribution in [-0.4, -0.2) is 9.55 Å². The van der Waals surface area contributed by atoms with Crippen LogP contribution in [0.15, 0.2) is 67.3 Å². The molecule has 1 aliphatic carbocycles. The minimum atomic E-state index is 0.125.